The van der Waals surface area contributed by atoms with E-state index in [0.717, 1.165) is 34.4 Å². The highest BCUT2D eigenvalue weighted by Gasteiger charge is 2.18. The molecule has 0 saturated carbocycles. The highest BCUT2D eigenvalue weighted by Crippen LogP contribution is 2.39. The zero-order valence-electron chi connectivity index (χ0n) is 19.2. The van der Waals surface area contributed by atoms with E-state index in [1.165, 1.54) is 19.3 Å². The molecule has 4 aromatic rings. The normalized spacial score (nSPS) is 11.2. The molecule has 1 aromatic heterocycles. The Balaban J connectivity index is 1.81. The van der Waals surface area contributed by atoms with Gasteiger partial charge in [0.1, 0.15) is 5.82 Å². The summed E-state index contributed by atoms with van der Waals surface area (Å²) in [5, 5.41) is 28.4. The predicted octanol–water partition coefficient (Wildman–Crippen LogP) is 5.32. The summed E-state index contributed by atoms with van der Waals surface area (Å²) in [6.07, 6.45) is 5.14. The van der Waals surface area contributed by atoms with Crippen molar-refractivity contribution in [1.82, 2.24) is 9.97 Å². The zero-order valence-corrected chi connectivity index (χ0v) is 19.2. The number of methoxy groups -OCH3 is 1. The van der Waals surface area contributed by atoms with Crippen LogP contribution in [0.25, 0.3) is 46.1 Å². The third kappa shape index (κ3) is 5.34. The van der Waals surface area contributed by atoms with Crippen molar-refractivity contribution in [3.63, 3.8) is 0 Å². The number of phenolic OH excluding ortho intramolecular Hbond substituents is 1. The van der Waals surface area contributed by atoms with Crippen LogP contribution < -0.4 is 4.74 Å². The Morgan fingerprint density at radius 1 is 0.833 bits per heavy atom. The number of aromatic hydroxyl groups is 1. The van der Waals surface area contributed by atoms with E-state index >= 15 is 0 Å². The van der Waals surface area contributed by atoms with Crippen LogP contribution in [-0.2, 0) is 9.59 Å². The van der Waals surface area contributed by atoms with Gasteiger partial charge in [0.15, 0.2) is 11.5 Å². The van der Waals surface area contributed by atoms with Crippen molar-refractivity contribution in [1.29, 1.82) is 0 Å². The number of H-pyrrole nitrogens is 1. The fourth-order valence-electron chi connectivity index (χ4n) is 3.64. The standard InChI is InChI=1S/C28H22N2O6/c1-36-22-4-2-3-21(27(22)35)28-29-25(19-11-5-17(6-12-19)9-15-23(31)32)26(30-28)20-13-7-18(8-14-20)10-16-24(33)34/h2-16,35H,1H3,(H,29,30)(H,31,32)(H,33,34)/b15-9+,16-10+. The number of nitrogens with zero attached hydrogens (tertiary/aromatic N) is 1. The predicted molar refractivity (Wildman–Crippen MR) is 136 cm³/mol. The molecule has 0 aliphatic heterocycles. The highest BCUT2D eigenvalue weighted by molar-refractivity contribution is 5.87. The lowest BCUT2D eigenvalue weighted by Crippen LogP contribution is -1.87. The van der Waals surface area contributed by atoms with Gasteiger partial charge in [-0.2, -0.15) is 0 Å². The summed E-state index contributed by atoms with van der Waals surface area (Å²) in [5.74, 6) is -1.36. The molecule has 0 aliphatic carbocycles. The van der Waals surface area contributed by atoms with Gasteiger partial charge in [0.25, 0.3) is 0 Å². The van der Waals surface area contributed by atoms with Crippen LogP contribution >= 0.6 is 0 Å². The van der Waals surface area contributed by atoms with Gasteiger partial charge in [0.05, 0.1) is 24.1 Å². The Morgan fingerprint density at radius 2 is 1.39 bits per heavy atom. The number of nitrogens with one attached hydrogen (secondary N) is 1. The van der Waals surface area contributed by atoms with Crippen molar-refractivity contribution < 1.29 is 29.6 Å². The van der Waals surface area contributed by atoms with Crippen molar-refractivity contribution >= 4 is 24.1 Å². The van der Waals surface area contributed by atoms with Crippen LogP contribution in [0.5, 0.6) is 11.5 Å². The van der Waals surface area contributed by atoms with Crippen LogP contribution in [0.4, 0.5) is 0 Å². The number of aliphatic carboxylic acids is 2. The molecule has 0 radical (unpaired) electrons. The van der Waals surface area contributed by atoms with Gasteiger partial charge >= 0.3 is 11.9 Å². The second kappa shape index (κ2) is 10.4. The molecule has 4 rings (SSSR count). The molecule has 0 fully saturated rings. The van der Waals surface area contributed by atoms with Crippen LogP contribution in [0.1, 0.15) is 11.1 Å². The van der Waals surface area contributed by atoms with Gasteiger partial charge in [0.2, 0.25) is 0 Å². The van der Waals surface area contributed by atoms with Crippen molar-refractivity contribution in [2.24, 2.45) is 0 Å². The van der Waals surface area contributed by atoms with Crippen LogP contribution in [0, 0.1) is 0 Å². The van der Waals surface area contributed by atoms with E-state index in [2.05, 4.69) is 4.98 Å². The van der Waals surface area contributed by atoms with Crippen molar-refractivity contribution in [2.75, 3.05) is 7.11 Å². The number of aromatic amines is 1. The largest absolute Gasteiger partial charge is 0.504 e. The van der Waals surface area contributed by atoms with E-state index in [4.69, 9.17) is 19.9 Å². The van der Waals surface area contributed by atoms with E-state index in [0.29, 0.717) is 28.5 Å². The van der Waals surface area contributed by atoms with Crippen LogP contribution in [-0.4, -0.2) is 44.3 Å². The first-order valence-corrected chi connectivity index (χ1v) is 10.8. The first kappa shape index (κ1) is 24.0. The van der Waals surface area contributed by atoms with Gasteiger partial charge in [-0.05, 0) is 35.4 Å². The van der Waals surface area contributed by atoms with E-state index in [9.17, 15) is 14.7 Å². The summed E-state index contributed by atoms with van der Waals surface area (Å²) in [4.78, 5) is 29.7. The third-order valence-electron chi connectivity index (χ3n) is 5.40. The molecule has 0 spiro atoms. The minimum absolute atomic E-state index is 0.0461. The van der Waals surface area contributed by atoms with E-state index < -0.39 is 11.9 Å². The molecule has 0 amide bonds. The molecule has 0 atom stereocenters. The number of carbonyl (C=O) groups is 2. The molecule has 8 nitrogen and oxygen atoms in total. The van der Waals surface area contributed by atoms with Gasteiger partial charge in [-0.1, -0.05) is 54.6 Å². The molecule has 0 bridgehead atoms. The van der Waals surface area contributed by atoms with E-state index in [1.54, 1.807) is 42.5 Å². The molecule has 0 saturated heterocycles. The molecule has 4 N–H and O–H groups in total. The SMILES string of the molecule is COc1cccc(-c2nc(-c3ccc(/C=C/C(=O)O)cc3)c(-c3ccc(/C=C/C(=O)O)cc3)[nH]2)c1O. The smallest absolute Gasteiger partial charge is 0.328 e. The zero-order chi connectivity index (χ0) is 25.7. The molecule has 3 aromatic carbocycles. The lowest BCUT2D eigenvalue weighted by atomic mass is 10.0. The molecule has 180 valence electrons. The maximum absolute atomic E-state index is 10.8. The molecule has 36 heavy (non-hydrogen) atoms. The number of hydrogen-bond acceptors (Lipinski definition) is 5. The number of imidazole rings is 1. The number of para-hydroxylation sites is 1. The van der Waals surface area contributed by atoms with Crippen molar-refractivity contribution in [2.45, 2.75) is 0 Å². The Morgan fingerprint density at radius 3 is 1.92 bits per heavy atom. The molecule has 1 heterocycles. The summed E-state index contributed by atoms with van der Waals surface area (Å²) in [5.41, 5.74) is 4.79. The summed E-state index contributed by atoms with van der Waals surface area (Å²) >= 11 is 0. The number of ether oxygens (including phenoxy) is 1. The van der Waals surface area contributed by atoms with Gasteiger partial charge in [-0.15, -0.1) is 0 Å². The first-order valence-electron chi connectivity index (χ1n) is 10.8. The number of carboxylic acids is 2. The molecule has 8 heteroatoms. The first-order chi connectivity index (χ1) is 17.4. The molecular weight excluding hydrogens is 460 g/mol. The Hall–Kier alpha value is -5.11. The van der Waals surface area contributed by atoms with Gasteiger partial charge < -0.3 is 25.0 Å². The van der Waals surface area contributed by atoms with Gasteiger partial charge in [-0.25, -0.2) is 14.6 Å². The minimum Gasteiger partial charge on any atom is -0.504 e. The lowest BCUT2D eigenvalue weighted by molar-refractivity contribution is -0.132. The van der Waals surface area contributed by atoms with Crippen molar-refractivity contribution in [3.8, 4) is 45.4 Å². The topological polar surface area (TPSA) is 133 Å². The Kier molecular flexibility index (Phi) is 6.97. The lowest BCUT2D eigenvalue weighted by Gasteiger charge is -2.06. The quantitative estimate of drug-likeness (QED) is 0.250. The maximum Gasteiger partial charge on any atom is 0.328 e. The monoisotopic (exact) mass is 482 g/mol. The summed E-state index contributed by atoms with van der Waals surface area (Å²) in [7, 11) is 1.47. The maximum atomic E-state index is 10.8. The van der Waals surface area contributed by atoms with E-state index in [1.807, 2.05) is 24.3 Å². The van der Waals surface area contributed by atoms with Crippen LogP contribution in [0.3, 0.4) is 0 Å². The minimum atomic E-state index is -1.03. The number of phenols is 1. The number of benzene rings is 3. The van der Waals surface area contributed by atoms with Gasteiger partial charge in [-0.3, -0.25) is 0 Å². The average Bonchev–Trinajstić information content (AvgIpc) is 3.32. The Labute approximate surface area is 206 Å². The molecular formula is C28H22N2O6. The number of aromatic nitrogens is 2. The van der Waals surface area contributed by atoms with Crippen LogP contribution in [0.15, 0.2) is 78.9 Å². The second-order valence-electron chi connectivity index (χ2n) is 7.75. The van der Waals surface area contributed by atoms with Crippen molar-refractivity contribution in [3.05, 3.63) is 90.0 Å². The fourth-order valence-corrected chi connectivity index (χ4v) is 3.64. The third-order valence-corrected chi connectivity index (χ3v) is 5.40. The van der Waals surface area contributed by atoms with Crippen LogP contribution in [0.2, 0.25) is 0 Å². The molecule has 0 aliphatic rings. The number of rotatable bonds is 8. The summed E-state index contributed by atoms with van der Waals surface area (Å²) in [6.45, 7) is 0. The fraction of sp³-hybridized carbons (Fsp3) is 0.0357. The number of carboxylic acid groups (broad SMARTS) is 2. The summed E-state index contributed by atoms with van der Waals surface area (Å²) < 4.78 is 5.23. The number of hydrogen-bond donors (Lipinski definition) is 4. The average molecular weight is 482 g/mol. The Bertz CT molecular complexity index is 1380. The van der Waals surface area contributed by atoms with E-state index in [-0.39, 0.29) is 5.75 Å². The summed E-state index contributed by atoms with van der Waals surface area (Å²) in [6, 6.07) is 19.6. The highest BCUT2D eigenvalue weighted by atomic mass is 16.5. The second-order valence-corrected chi connectivity index (χ2v) is 7.75. The van der Waals surface area contributed by atoms with Gasteiger partial charge in [0, 0.05) is 23.3 Å². The molecule has 0 unspecified atom stereocenters.